The molecule has 0 saturated heterocycles. The molecule has 9 heavy (non-hydrogen) atoms. The van der Waals surface area contributed by atoms with E-state index in [1.807, 2.05) is 0 Å². The number of fused-ring (bicyclic) bond motifs is 2. The summed E-state index contributed by atoms with van der Waals surface area (Å²) in [6.07, 6.45) is 3.44. The van der Waals surface area contributed by atoms with Crippen LogP contribution in [0.15, 0.2) is 0 Å². The van der Waals surface area contributed by atoms with Crippen LogP contribution in [0, 0.1) is 11.8 Å². The number of hydrogen-bond donors (Lipinski definition) is 1. The first-order chi connectivity index (χ1) is 4.29. The van der Waals surface area contributed by atoms with Gasteiger partial charge in [0.05, 0.1) is 11.5 Å². The van der Waals surface area contributed by atoms with Crippen LogP contribution in [0.25, 0.3) is 0 Å². The lowest BCUT2D eigenvalue weighted by molar-refractivity contribution is 0.117. The van der Waals surface area contributed by atoms with Gasteiger partial charge in [0.1, 0.15) is 0 Å². The molecule has 1 N–H and O–H groups in total. The maximum absolute atomic E-state index is 9.36. The minimum atomic E-state index is -0.189. The molecular weight excluding hydrogens is 136 g/mol. The standard InChI is InChI=1S/C7H11ClO/c8-6-4-1-2-5(3-4)7(6)9/h4-7,9H,1-3H2/t4-,5+,6+,7-/m0/s1. The summed E-state index contributed by atoms with van der Waals surface area (Å²) in [7, 11) is 0. The maximum atomic E-state index is 9.36. The molecule has 0 aromatic heterocycles. The van der Waals surface area contributed by atoms with Gasteiger partial charge in [-0.25, -0.2) is 0 Å². The zero-order valence-electron chi connectivity index (χ0n) is 5.26. The van der Waals surface area contributed by atoms with E-state index in [9.17, 15) is 5.11 Å². The second-order valence-electron chi connectivity index (χ2n) is 3.27. The number of hydrogen-bond acceptors (Lipinski definition) is 1. The molecule has 2 bridgehead atoms. The van der Waals surface area contributed by atoms with Crippen molar-refractivity contribution < 1.29 is 5.11 Å². The van der Waals surface area contributed by atoms with Gasteiger partial charge in [0.25, 0.3) is 0 Å². The molecule has 0 unspecified atom stereocenters. The Morgan fingerprint density at radius 1 is 1.22 bits per heavy atom. The third-order valence-electron chi connectivity index (χ3n) is 2.77. The van der Waals surface area contributed by atoms with Gasteiger partial charge in [-0.1, -0.05) is 0 Å². The fourth-order valence-electron chi connectivity index (χ4n) is 2.19. The second-order valence-corrected chi connectivity index (χ2v) is 3.77. The Balaban J connectivity index is 2.15. The average Bonchev–Trinajstić information content (AvgIpc) is 2.37. The maximum Gasteiger partial charge on any atom is 0.0734 e. The lowest BCUT2D eigenvalue weighted by atomic mass is 9.97. The largest absolute Gasteiger partial charge is 0.391 e. The predicted octanol–water partition coefficient (Wildman–Crippen LogP) is 1.38. The third kappa shape index (κ3) is 0.714. The highest BCUT2D eigenvalue weighted by Gasteiger charge is 2.45. The molecule has 52 valence electrons. The number of rotatable bonds is 0. The fourth-order valence-corrected chi connectivity index (χ4v) is 2.63. The van der Waals surface area contributed by atoms with Crippen LogP contribution in [-0.2, 0) is 0 Å². The normalized spacial score (nSPS) is 56.7. The highest BCUT2D eigenvalue weighted by atomic mass is 35.5. The Labute approximate surface area is 60.0 Å². The summed E-state index contributed by atoms with van der Waals surface area (Å²) in [5, 5.41) is 9.43. The SMILES string of the molecule is O[C@H]1[C@@H]2CC[C@@H](C2)[C@H]1Cl. The van der Waals surface area contributed by atoms with E-state index in [0.29, 0.717) is 11.8 Å². The Bertz CT molecular complexity index is 108. The summed E-state index contributed by atoms with van der Waals surface area (Å²) < 4.78 is 0. The van der Waals surface area contributed by atoms with Gasteiger partial charge in [-0.05, 0) is 31.1 Å². The van der Waals surface area contributed by atoms with Crippen molar-refractivity contribution in [2.24, 2.45) is 11.8 Å². The molecule has 1 nitrogen and oxygen atoms in total. The number of aliphatic hydroxyl groups excluding tert-OH is 1. The molecule has 0 aliphatic heterocycles. The van der Waals surface area contributed by atoms with Crippen molar-refractivity contribution in [3.8, 4) is 0 Å². The van der Waals surface area contributed by atoms with Crippen molar-refractivity contribution in [2.45, 2.75) is 30.7 Å². The highest BCUT2D eigenvalue weighted by molar-refractivity contribution is 6.21. The van der Waals surface area contributed by atoms with Crippen LogP contribution in [-0.4, -0.2) is 16.6 Å². The van der Waals surface area contributed by atoms with Gasteiger partial charge in [0.15, 0.2) is 0 Å². The van der Waals surface area contributed by atoms with E-state index in [1.165, 1.54) is 19.3 Å². The molecule has 2 aliphatic carbocycles. The first kappa shape index (κ1) is 5.99. The number of alkyl halides is 1. The fraction of sp³-hybridized carbons (Fsp3) is 1.00. The van der Waals surface area contributed by atoms with Gasteiger partial charge >= 0.3 is 0 Å². The van der Waals surface area contributed by atoms with Crippen LogP contribution in [0.4, 0.5) is 0 Å². The van der Waals surface area contributed by atoms with Crippen LogP contribution in [0.2, 0.25) is 0 Å². The highest BCUT2D eigenvalue weighted by Crippen LogP contribution is 2.46. The summed E-state index contributed by atoms with van der Waals surface area (Å²) in [5.74, 6) is 1.17. The molecule has 0 amide bonds. The second kappa shape index (κ2) is 1.86. The van der Waals surface area contributed by atoms with Crippen LogP contribution in [0.3, 0.4) is 0 Å². The zero-order chi connectivity index (χ0) is 6.43. The zero-order valence-corrected chi connectivity index (χ0v) is 6.01. The quantitative estimate of drug-likeness (QED) is 0.512. The average molecular weight is 147 g/mol. The van der Waals surface area contributed by atoms with E-state index in [0.717, 1.165) is 0 Å². The van der Waals surface area contributed by atoms with Gasteiger partial charge in [0.2, 0.25) is 0 Å². The van der Waals surface area contributed by atoms with Gasteiger partial charge in [-0.15, -0.1) is 11.6 Å². The topological polar surface area (TPSA) is 20.2 Å². The summed E-state index contributed by atoms with van der Waals surface area (Å²) in [6, 6.07) is 0. The molecule has 2 aliphatic rings. The summed E-state index contributed by atoms with van der Waals surface area (Å²) in [4.78, 5) is 0. The molecule has 0 aromatic rings. The van der Waals surface area contributed by atoms with Gasteiger partial charge in [0, 0.05) is 0 Å². The van der Waals surface area contributed by atoms with E-state index in [1.54, 1.807) is 0 Å². The molecule has 2 saturated carbocycles. The molecule has 0 spiro atoms. The van der Waals surface area contributed by atoms with E-state index in [2.05, 4.69) is 0 Å². The van der Waals surface area contributed by atoms with Gasteiger partial charge in [-0.3, -0.25) is 0 Å². The summed E-state index contributed by atoms with van der Waals surface area (Å²) in [6.45, 7) is 0. The van der Waals surface area contributed by atoms with E-state index in [4.69, 9.17) is 11.6 Å². The lowest BCUT2D eigenvalue weighted by Crippen LogP contribution is -2.27. The van der Waals surface area contributed by atoms with Crippen molar-refractivity contribution in [3.05, 3.63) is 0 Å². The van der Waals surface area contributed by atoms with E-state index < -0.39 is 0 Å². The molecule has 4 atom stereocenters. The Hall–Kier alpha value is 0.250. The number of halogens is 1. The first-order valence-electron chi connectivity index (χ1n) is 3.61. The monoisotopic (exact) mass is 146 g/mol. The van der Waals surface area contributed by atoms with Gasteiger partial charge < -0.3 is 5.11 Å². The minimum absolute atomic E-state index is 0.0729. The van der Waals surface area contributed by atoms with Crippen LogP contribution in [0.1, 0.15) is 19.3 Å². The van der Waals surface area contributed by atoms with Gasteiger partial charge in [-0.2, -0.15) is 0 Å². The Morgan fingerprint density at radius 3 is 2.22 bits per heavy atom. The molecule has 0 aromatic carbocycles. The van der Waals surface area contributed by atoms with Crippen molar-refractivity contribution in [2.75, 3.05) is 0 Å². The first-order valence-corrected chi connectivity index (χ1v) is 4.05. The van der Waals surface area contributed by atoms with E-state index in [-0.39, 0.29) is 11.5 Å². The van der Waals surface area contributed by atoms with Crippen LogP contribution in [0.5, 0.6) is 0 Å². The van der Waals surface area contributed by atoms with E-state index >= 15 is 0 Å². The summed E-state index contributed by atoms with van der Waals surface area (Å²) in [5.41, 5.74) is 0. The smallest absolute Gasteiger partial charge is 0.0734 e. The van der Waals surface area contributed by atoms with Crippen LogP contribution < -0.4 is 0 Å². The Morgan fingerprint density at radius 2 is 1.89 bits per heavy atom. The molecule has 2 heteroatoms. The molecular formula is C7H11ClO. The summed E-state index contributed by atoms with van der Waals surface area (Å²) >= 11 is 5.91. The van der Waals surface area contributed by atoms with Crippen molar-refractivity contribution >= 4 is 11.6 Å². The molecule has 0 radical (unpaired) electrons. The molecule has 2 rings (SSSR count). The molecule has 2 fully saturated rings. The lowest BCUT2D eigenvalue weighted by Gasteiger charge is -2.20. The van der Waals surface area contributed by atoms with Crippen molar-refractivity contribution in [1.82, 2.24) is 0 Å². The Kier molecular flexibility index (Phi) is 1.24. The van der Waals surface area contributed by atoms with Crippen molar-refractivity contribution in [1.29, 1.82) is 0 Å². The predicted molar refractivity (Wildman–Crippen MR) is 36.5 cm³/mol. The van der Waals surface area contributed by atoms with Crippen molar-refractivity contribution in [3.63, 3.8) is 0 Å². The van der Waals surface area contributed by atoms with Crippen LogP contribution >= 0.6 is 11.6 Å². The molecule has 0 heterocycles. The third-order valence-corrected chi connectivity index (χ3v) is 3.39. The minimum Gasteiger partial charge on any atom is -0.391 e. The number of aliphatic hydroxyl groups is 1.